The molecule has 0 atom stereocenters. The van der Waals surface area contributed by atoms with E-state index in [-0.39, 0.29) is 0 Å². The predicted molar refractivity (Wildman–Crippen MR) is 62.0 cm³/mol. The molecule has 1 heterocycles. The van der Waals surface area contributed by atoms with Gasteiger partial charge in [0.25, 0.3) is 0 Å². The fourth-order valence-electron chi connectivity index (χ4n) is 1.33. The number of pyridine rings is 1. The monoisotopic (exact) mass is 212 g/mol. The van der Waals surface area contributed by atoms with Crippen LogP contribution in [0, 0.1) is 6.92 Å². The Kier molecular flexibility index (Phi) is 4.74. The number of aromatic nitrogens is 1. The highest BCUT2D eigenvalue weighted by Gasteiger charge is 2.02. The zero-order valence-electron chi connectivity index (χ0n) is 8.81. The SMILES string of the molecule is CCCCCNc1c(C)ccnc1Cl. The van der Waals surface area contributed by atoms with Crippen molar-refractivity contribution in [2.45, 2.75) is 33.1 Å². The molecular weight excluding hydrogens is 196 g/mol. The maximum absolute atomic E-state index is 5.97. The summed E-state index contributed by atoms with van der Waals surface area (Å²) in [7, 11) is 0. The molecule has 1 aromatic heterocycles. The van der Waals surface area contributed by atoms with Crippen LogP contribution < -0.4 is 5.32 Å². The maximum Gasteiger partial charge on any atom is 0.152 e. The van der Waals surface area contributed by atoms with Gasteiger partial charge in [-0.1, -0.05) is 31.4 Å². The van der Waals surface area contributed by atoms with Crippen molar-refractivity contribution < 1.29 is 0 Å². The van der Waals surface area contributed by atoms with E-state index in [2.05, 4.69) is 17.2 Å². The predicted octanol–water partition coefficient (Wildman–Crippen LogP) is 3.65. The highest BCUT2D eigenvalue weighted by Crippen LogP contribution is 2.22. The van der Waals surface area contributed by atoms with E-state index in [9.17, 15) is 0 Å². The van der Waals surface area contributed by atoms with E-state index < -0.39 is 0 Å². The number of hydrogen-bond donors (Lipinski definition) is 1. The molecule has 0 aromatic carbocycles. The van der Waals surface area contributed by atoms with Crippen molar-refractivity contribution >= 4 is 17.3 Å². The highest BCUT2D eigenvalue weighted by atomic mass is 35.5. The summed E-state index contributed by atoms with van der Waals surface area (Å²) < 4.78 is 0. The molecule has 0 aliphatic heterocycles. The van der Waals surface area contributed by atoms with Crippen LogP contribution in [-0.2, 0) is 0 Å². The third-order valence-electron chi connectivity index (χ3n) is 2.20. The Labute approximate surface area is 90.7 Å². The molecule has 0 aliphatic carbocycles. The van der Waals surface area contributed by atoms with Crippen LogP contribution in [0.1, 0.15) is 31.7 Å². The minimum atomic E-state index is 0.571. The summed E-state index contributed by atoms with van der Waals surface area (Å²) in [6.07, 6.45) is 5.40. The first-order chi connectivity index (χ1) is 6.75. The number of aryl methyl sites for hydroxylation is 1. The molecule has 14 heavy (non-hydrogen) atoms. The van der Waals surface area contributed by atoms with Crippen LogP contribution in [0.3, 0.4) is 0 Å². The number of hydrogen-bond acceptors (Lipinski definition) is 2. The highest BCUT2D eigenvalue weighted by molar-refractivity contribution is 6.32. The van der Waals surface area contributed by atoms with Gasteiger partial charge in [-0.05, 0) is 25.0 Å². The van der Waals surface area contributed by atoms with E-state index in [1.54, 1.807) is 6.20 Å². The molecule has 0 fully saturated rings. The first-order valence-electron chi connectivity index (χ1n) is 5.10. The van der Waals surface area contributed by atoms with Crippen LogP contribution >= 0.6 is 11.6 Å². The Balaban J connectivity index is 2.49. The largest absolute Gasteiger partial charge is 0.382 e. The van der Waals surface area contributed by atoms with Crippen molar-refractivity contribution in [1.82, 2.24) is 4.98 Å². The van der Waals surface area contributed by atoms with Gasteiger partial charge in [0.1, 0.15) is 0 Å². The minimum absolute atomic E-state index is 0.571. The fraction of sp³-hybridized carbons (Fsp3) is 0.545. The van der Waals surface area contributed by atoms with Gasteiger partial charge in [-0.2, -0.15) is 0 Å². The lowest BCUT2D eigenvalue weighted by Gasteiger charge is -2.09. The Morgan fingerprint density at radius 1 is 1.43 bits per heavy atom. The van der Waals surface area contributed by atoms with E-state index >= 15 is 0 Å². The van der Waals surface area contributed by atoms with Gasteiger partial charge >= 0.3 is 0 Å². The van der Waals surface area contributed by atoms with Crippen LogP contribution in [-0.4, -0.2) is 11.5 Å². The lowest BCUT2D eigenvalue weighted by atomic mass is 10.2. The van der Waals surface area contributed by atoms with Crippen molar-refractivity contribution in [3.8, 4) is 0 Å². The average molecular weight is 213 g/mol. The molecule has 2 nitrogen and oxygen atoms in total. The third-order valence-corrected chi connectivity index (χ3v) is 2.48. The van der Waals surface area contributed by atoms with Gasteiger partial charge in [0.15, 0.2) is 5.15 Å². The molecule has 1 N–H and O–H groups in total. The second-order valence-corrected chi connectivity index (χ2v) is 3.79. The second-order valence-electron chi connectivity index (χ2n) is 3.43. The molecule has 0 radical (unpaired) electrons. The number of halogens is 1. The Morgan fingerprint density at radius 2 is 2.21 bits per heavy atom. The van der Waals surface area contributed by atoms with Gasteiger partial charge in [0, 0.05) is 12.7 Å². The quantitative estimate of drug-likeness (QED) is 0.596. The minimum Gasteiger partial charge on any atom is -0.382 e. The molecule has 0 aliphatic rings. The zero-order chi connectivity index (χ0) is 10.4. The molecule has 0 saturated heterocycles. The van der Waals surface area contributed by atoms with E-state index in [1.165, 1.54) is 19.3 Å². The van der Waals surface area contributed by atoms with Crippen molar-refractivity contribution in [2.75, 3.05) is 11.9 Å². The Morgan fingerprint density at radius 3 is 2.86 bits per heavy atom. The summed E-state index contributed by atoms with van der Waals surface area (Å²) in [5, 5.41) is 3.89. The molecular formula is C11H17ClN2. The van der Waals surface area contributed by atoms with E-state index in [0.29, 0.717) is 5.15 Å². The number of anilines is 1. The molecule has 1 rings (SSSR count). The van der Waals surface area contributed by atoms with E-state index in [0.717, 1.165) is 17.8 Å². The summed E-state index contributed by atoms with van der Waals surface area (Å²) in [4.78, 5) is 4.04. The summed E-state index contributed by atoms with van der Waals surface area (Å²) >= 11 is 5.97. The van der Waals surface area contributed by atoms with Gasteiger partial charge < -0.3 is 5.32 Å². The molecule has 1 aromatic rings. The van der Waals surface area contributed by atoms with Crippen molar-refractivity contribution in [3.63, 3.8) is 0 Å². The summed E-state index contributed by atoms with van der Waals surface area (Å²) in [5.74, 6) is 0. The third kappa shape index (κ3) is 3.18. The number of unbranched alkanes of at least 4 members (excludes halogenated alkanes) is 2. The molecule has 3 heteroatoms. The first-order valence-corrected chi connectivity index (χ1v) is 5.48. The van der Waals surface area contributed by atoms with E-state index in [4.69, 9.17) is 11.6 Å². The lowest BCUT2D eigenvalue weighted by molar-refractivity contribution is 0.743. The van der Waals surface area contributed by atoms with Gasteiger partial charge in [-0.25, -0.2) is 4.98 Å². The fourth-order valence-corrected chi connectivity index (χ4v) is 1.60. The van der Waals surface area contributed by atoms with Crippen LogP contribution in [0.15, 0.2) is 12.3 Å². The van der Waals surface area contributed by atoms with Crippen LogP contribution in [0.2, 0.25) is 5.15 Å². The maximum atomic E-state index is 5.97. The Hall–Kier alpha value is -0.760. The lowest BCUT2D eigenvalue weighted by Crippen LogP contribution is -2.04. The molecule has 0 amide bonds. The summed E-state index contributed by atoms with van der Waals surface area (Å²) in [6.45, 7) is 5.21. The van der Waals surface area contributed by atoms with Gasteiger partial charge in [0.2, 0.25) is 0 Å². The average Bonchev–Trinajstić information content (AvgIpc) is 2.16. The van der Waals surface area contributed by atoms with Crippen molar-refractivity contribution in [3.05, 3.63) is 23.0 Å². The molecule has 0 unspecified atom stereocenters. The second kappa shape index (κ2) is 5.86. The van der Waals surface area contributed by atoms with Crippen LogP contribution in [0.4, 0.5) is 5.69 Å². The molecule has 78 valence electrons. The summed E-state index contributed by atoms with van der Waals surface area (Å²) in [6, 6.07) is 1.97. The van der Waals surface area contributed by atoms with Gasteiger partial charge in [0.05, 0.1) is 5.69 Å². The van der Waals surface area contributed by atoms with E-state index in [1.807, 2.05) is 13.0 Å². The van der Waals surface area contributed by atoms with Gasteiger partial charge in [-0.15, -0.1) is 0 Å². The summed E-state index contributed by atoms with van der Waals surface area (Å²) in [5.41, 5.74) is 2.13. The zero-order valence-corrected chi connectivity index (χ0v) is 9.56. The van der Waals surface area contributed by atoms with Crippen molar-refractivity contribution in [1.29, 1.82) is 0 Å². The Bertz CT molecular complexity index is 266. The molecule has 0 bridgehead atoms. The normalized spacial score (nSPS) is 10.2. The standard InChI is InChI=1S/C11H17ClN2/c1-3-4-5-7-13-10-9(2)6-8-14-11(10)12/h6,8,13H,3-5,7H2,1-2H3. The molecule has 0 spiro atoms. The van der Waals surface area contributed by atoms with Crippen LogP contribution in [0.25, 0.3) is 0 Å². The smallest absolute Gasteiger partial charge is 0.152 e. The van der Waals surface area contributed by atoms with Crippen molar-refractivity contribution in [2.24, 2.45) is 0 Å². The number of nitrogens with one attached hydrogen (secondary N) is 1. The topological polar surface area (TPSA) is 24.9 Å². The number of rotatable bonds is 5. The number of nitrogens with zero attached hydrogens (tertiary/aromatic N) is 1. The van der Waals surface area contributed by atoms with Gasteiger partial charge in [-0.3, -0.25) is 0 Å². The first kappa shape index (κ1) is 11.3. The molecule has 0 saturated carbocycles. The van der Waals surface area contributed by atoms with Crippen LogP contribution in [0.5, 0.6) is 0 Å².